The molecule has 6 rings (SSSR count). The molecule has 0 bridgehead atoms. The number of hydrogen-bond donors (Lipinski definition) is 0. The van der Waals surface area contributed by atoms with Gasteiger partial charge in [0.15, 0.2) is 17.3 Å². The van der Waals surface area contributed by atoms with Crippen molar-refractivity contribution in [2.24, 2.45) is 5.41 Å². The van der Waals surface area contributed by atoms with Gasteiger partial charge in [0.25, 0.3) is 0 Å². The van der Waals surface area contributed by atoms with Gasteiger partial charge in [-0.2, -0.15) is 0 Å². The van der Waals surface area contributed by atoms with Crippen LogP contribution in [0, 0.1) is 5.41 Å². The smallest absolute Gasteiger partial charge is 0.180 e. The van der Waals surface area contributed by atoms with E-state index >= 15 is 0 Å². The Labute approximate surface area is 206 Å². The zero-order chi connectivity index (χ0) is 23.8. The van der Waals surface area contributed by atoms with Crippen LogP contribution in [0.3, 0.4) is 0 Å². The average molecular weight is 488 g/mol. The van der Waals surface area contributed by atoms with Gasteiger partial charge in [-0.3, -0.25) is 14.4 Å². The lowest BCUT2D eigenvalue weighted by atomic mass is 9.64. The normalized spacial score (nSPS) is 23.7. The fourth-order valence-corrected chi connectivity index (χ4v) is 6.55. The SMILES string of the molecule is CC(=O)[C@H]1[C@H](c2cccc(Cl)c2)C2(C(=O)c3ccccc3C2=O)C2C=Cc3cc(Cl)ccc3N21. The van der Waals surface area contributed by atoms with Gasteiger partial charge in [0.2, 0.25) is 0 Å². The lowest BCUT2D eigenvalue weighted by Gasteiger charge is -2.37. The van der Waals surface area contributed by atoms with Gasteiger partial charge in [-0.05, 0) is 48.4 Å². The first-order chi connectivity index (χ1) is 16.4. The molecule has 3 aliphatic rings. The van der Waals surface area contributed by atoms with E-state index in [-0.39, 0.29) is 17.3 Å². The van der Waals surface area contributed by atoms with Crippen molar-refractivity contribution in [3.05, 3.63) is 105 Å². The van der Waals surface area contributed by atoms with Gasteiger partial charge >= 0.3 is 0 Å². The van der Waals surface area contributed by atoms with E-state index in [0.29, 0.717) is 26.7 Å². The number of anilines is 1. The standard InChI is InChI=1S/C28H19Cl2NO3/c1-15(32)25-24(17-5-4-6-18(29)14-17)28(26(33)20-7-2-3-8-21(20)27(28)34)23-12-9-16-13-19(30)10-11-22(16)31(23)25/h2-14,23-25H,1H3/t23?,24-,25-/m0/s1. The minimum absolute atomic E-state index is 0.125. The van der Waals surface area contributed by atoms with Gasteiger partial charge in [0, 0.05) is 32.8 Å². The molecule has 1 aliphatic carbocycles. The van der Waals surface area contributed by atoms with E-state index in [2.05, 4.69) is 0 Å². The van der Waals surface area contributed by atoms with Crippen LogP contribution in [0.4, 0.5) is 5.69 Å². The molecule has 1 spiro atoms. The van der Waals surface area contributed by atoms with Gasteiger partial charge < -0.3 is 4.90 Å². The summed E-state index contributed by atoms with van der Waals surface area (Å²) >= 11 is 12.6. The average Bonchev–Trinajstić information content (AvgIpc) is 3.26. The molecule has 168 valence electrons. The molecule has 0 saturated carbocycles. The maximum absolute atomic E-state index is 14.2. The number of Topliss-reactive ketones (excluding diaryl/α,β-unsaturated/α-hetero) is 3. The van der Waals surface area contributed by atoms with Gasteiger partial charge in [-0.15, -0.1) is 0 Å². The quantitative estimate of drug-likeness (QED) is 0.415. The lowest BCUT2D eigenvalue weighted by molar-refractivity contribution is -0.118. The zero-order valence-corrected chi connectivity index (χ0v) is 19.7. The molecule has 0 amide bonds. The van der Waals surface area contributed by atoms with Gasteiger partial charge in [0.05, 0.1) is 12.1 Å². The van der Waals surface area contributed by atoms with E-state index in [1.165, 1.54) is 6.92 Å². The van der Waals surface area contributed by atoms with E-state index in [1.807, 2.05) is 35.3 Å². The van der Waals surface area contributed by atoms with Gasteiger partial charge in [0.1, 0.15) is 5.41 Å². The minimum atomic E-state index is -1.49. The summed E-state index contributed by atoms with van der Waals surface area (Å²) in [7, 11) is 0. The molecule has 2 aliphatic heterocycles. The van der Waals surface area contributed by atoms with Crippen LogP contribution >= 0.6 is 23.2 Å². The molecule has 0 N–H and O–H groups in total. The third kappa shape index (κ3) is 2.64. The molecule has 1 fully saturated rings. The Balaban J connectivity index is 1.69. The number of hydrogen-bond acceptors (Lipinski definition) is 4. The number of halogens is 2. The molecule has 1 unspecified atom stereocenters. The van der Waals surface area contributed by atoms with Crippen molar-refractivity contribution in [2.75, 3.05) is 4.90 Å². The Morgan fingerprint density at radius 1 is 0.882 bits per heavy atom. The Morgan fingerprint density at radius 3 is 2.21 bits per heavy atom. The van der Waals surface area contributed by atoms with E-state index in [9.17, 15) is 14.4 Å². The lowest BCUT2D eigenvalue weighted by Crippen LogP contribution is -2.48. The number of carbonyl (C=O) groups excluding carboxylic acids is 3. The molecule has 0 aromatic heterocycles. The van der Waals surface area contributed by atoms with Gasteiger partial charge in [-0.25, -0.2) is 0 Å². The Bertz CT molecular complexity index is 1410. The van der Waals surface area contributed by atoms with Crippen molar-refractivity contribution in [3.8, 4) is 0 Å². The van der Waals surface area contributed by atoms with Crippen LogP contribution in [-0.4, -0.2) is 29.4 Å². The summed E-state index contributed by atoms with van der Waals surface area (Å²) in [6.07, 6.45) is 3.77. The molecule has 0 radical (unpaired) electrons. The zero-order valence-electron chi connectivity index (χ0n) is 18.2. The summed E-state index contributed by atoms with van der Waals surface area (Å²) in [6.45, 7) is 1.52. The summed E-state index contributed by atoms with van der Waals surface area (Å²) in [4.78, 5) is 43.8. The number of carbonyl (C=O) groups is 3. The second-order valence-electron chi connectivity index (χ2n) is 9.08. The Morgan fingerprint density at radius 2 is 1.56 bits per heavy atom. The second kappa shape index (κ2) is 7.39. The van der Waals surface area contributed by atoms with Gasteiger partial charge in [-0.1, -0.05) is 71.8 Å². The van der Waals surface area contributed by atoms with Crippen molar-refractivity contribution >= 4 is 52.3 Å². The number of nitrogens with zero attached hydrogens (tertiary/aromatic N) is 1. The van der Waals surface area contributed by atoms with E-state index < -0.39 is 23.4 Å². The summed E-state index contributed by atoms with van der Waals surface area (Å²) in [5.41, 5.74) is 1.63. The fourth-order valence-electron chi connectivity index (χ4n) is 6.17. The molecule has 34 heavy (non-hydrogen) atoms. The van der Waals surface area contributed by atoms with Crippen LogP contribution in [0.2, 0.25) is 10.0 Å². The molecule has 6 heteroatoms. The second-order valence-corrected chi connectivity index (χ2v) is 9.95. The van der Waals surface area contributed by atoms with Crippen LogP contribution < -0.4 is 4.90 Å². The molecule has 4 nitrogen and oxygen atoms in total. The monoisotopic (exact) mass is 487 g/mol. The topological polar surface area (TPSA) is 54.5 Å². The summed E-state index contributed by atoms with van der Waals surface area (Å²) in [5, 5.41) is 1.06. The van der Waals surface area contributed by atoms with E-state index in [4.69, 9.17) is 23.2 Å². The van der Waals surface area contributed by atoms with Crippen LogP contribution in [0.1, 0.15) is 44.7 Å². The predicted molar refractivity (Wildman–Crippen MR) is 133 cm³/mol. The first kappa shape index (κ1) is 21.3. The number of fused-ring (bicyclic) bond motifs is 5. The number of benzene rings is 3. The summed E-state index contributed by atoms with van der Waals surface area (Å²) < 4.78 is 0. The van der Waals surface area contributed by atoms with Crippen LogP contribution in [0.15, 0.2) is 72.8 Å². The van der Waals surface area contributed by atoms with Crippen molar-refractivity contribution in [1.29, 1.82) is 0 Å². The van der Waals surface area contributed by atoms with E-state index in [0.717, 1.165) is 11.3 Å². The van der Waals surface area contributed by atoms with Crippen LogP contribution in [0.25, 0.3) is 6.08 Å². The third-order valence-electron chi connectivity index (χ3n) is 7.39. The molecule has 3 aromatic carbocycles. The molecule has 3 atom stereocenters. The highest BCUT2D eigenvalue weighted by Gasteiger charge is 2.71. The summed E-state index contributed by atoms with van der Waals surface area (Å²) in [6, 6.07) is 18.1. The highest BCUT2D eigenvalue weighted by atomic mass is 35.5. The molecular weight excluding hydrogens is 469 g/mol. The van der Waals surface area contributed by atoms with E-state index in [1.54, 1.807) is 48.5 Å². The molecular formula is C28H19Cl2NO3. The number of rotatable bonds is 2. The predicted octanol–water partition coefficient (Wildman–Crippen LogP) is 6.02. The summed E-state index contributed by atoms with van der Waals surface area (Å²) in [5.74, 6) is -1.34. The van der Waals surface area contributed by atoms with Crippen molar-refractivity contribution < 1.29 is 14.4 Å². The highest BCUT2D eigenvalue weighted by Crippen LogP contribution is 2.60. The Hall–Kier alpha value is -3.21. The largest absolute Gasteiger partial charge is 0.352 e. The molecule has 3 aromatic rings. The van der Waals surface area contributed by atoms with Crippen LogP contribution in [0.5, 0.6) is 0 Å². The first-order valence-electron chi connectivity index (χ1n) is 11.1. The Kier molecular flexibility index (Phi) is 4.64. The minimum Gasteiger partial charge on any atom is -0.352 e. The number of ketones is 3. The van der Waals surface area contributed by atoms with Crippen LogP contribution in [-0.2, 0) is 4.79 Å². The molecule has 1 saturated heterocycles. The highest BCUT2D eigenvalue weighted by molar-refractivity contribution is 6.33. The molecule has 2 heterocycles. The first-order valence-corrected chi connectivity index (χ1v) is 11.8. The van der Waals surface area contributed by atoms with Crippen molar-refractivity contribution in [2.45, 2.75) is 24.9 Å². The van der Waals surface area contributed by atoms with Crippen molar-refractivity contribution in [3.63, 3.8) is 0 Å². The maximum Gasteiger partial charge on any atom is 0.180 e. The third-order valence-corrected chi connectivity index (χ3v) is 7.86. The maximum atomic E-state index is 14.2. The van der Waals surface area contributed by atoms with Crippen molar-refractivity contribution in [1.82, 2.24) is 0 Å². The fraction of sp³-hybridized carbons (Fsp3) is 0.179.